The molecule has 0 fully saturated rings. The number of carbonyl (C=O) groups is 1. The molecule has 0 radical (unpaired) electrons. The molecular weight excluding hydrogens is 389 g/mol. The van der Waals surface area contributed by atoms with Crippen LogP contribution in [0.3, 0.4) is 0 Å². The molecule has 0 bridgehead atoms. The van der Waals surface area contributed by atoms with Crippen LogP contribution in [0.1, 0.15) is 20.3 Å². The summed E-state index contributed by atoms with van der Waals surface area (Å²) < 4.78 is 143. The zero-order chi connectivity index (χ0) is 20.5. The van der Waals surface area contributed by atoms with E-state index in [9.17, 15) is 53.1 Å². The summed E-state index contributed by atoms with van der Waals surface area (Å²) in [5, 5.41) is 0. The normalized spacial score (nSPS) is 16.7. The molecule has 0 aliphatic heterocycles. The molecule has 150 valence electrons. The SMILES string of the molecule is CC(C)CCOC(=O)[C@](F)(OC(F)(F)C(F)(F)C(F)(F)F)C(F)(F)F. The first kappa shape index (κ1) is 23.7. The molecule has 0 aliphatic rings. The third kappa shape index (κ3) is 5.07. The van der Waals surface area contributed by atoms with Crippen molar-refractivity contribution in [1.82, 2.24) is 0 Å². The van der Waals surface area contributed by atoms with Crippen molar-refractivity contribution in [1.29, 1.82) is 0 Å². The Morgan fingerprint density at radius 2 is 1.28 bits per heavy atom. The number of rotatable bonds is 7. The lowest BCUT2D eigenvalue weighted by Gasteiger charge is -2.33. The van der Waals surface area contributed by atoms with E-state index in [4.69, 9.17) is 0 Å². The standard InChI is InChI=1S/C11H11F11O3/c1-5(2)3-4-24-6(23)7(12,9(15,16)17)25-11(21,22)8(13,14)10(18,19)20/h5H,3-4H2,1-2H3/t7-/m0/s1. The Kier molecular flexibility index (Phi) is 6.73. The second-order valence-electron chi connectivity index (χ2n) is 5.10. The van der Waals surface area contributed by atoms with Gasteiger partial charge in [-0.05, 0) is 12.3 Å². The predicted octanol–water partition coefficient (Wildman–Crippen LogP) is 4.61. The molecular formula is C11H11F11O3. The highest BCUT2D eigenvalue weighted by atomic mass is 19.4. The van der Waals surface area contributed by atoms with Gasteiger partial charge in [0.2, 0.25) is 0 Å². The summed E-state index contributed by atoms with van der Waals surface area (Å²) in [6, 6.07) is 0. The number of hydrogen-bond donors (Lipinski definition) is 0. The van der Waals surface area contributed by atoms with Gasteiger partial charge in [-0.25, -0.2) is 4.79 Å². The van der Waals surface area contributed by atoms with Crippen LogP contribution in [-0.4, -0.2) is 42.8 Å². The third-order valence-corrected chi connectivity index (χ3v) is 2.55. The Bertz CT molecular complexity index is 469. The monoisotopic (exact) mass is 400 g/mol. The maximum Gasteiger partial charge on any atom is 0.462 e. The van der Waals surface area contributed by atoms with Crippen LogP contribution in [0.2, 0.25) is 0 Å². The summed E-state index contributed by atoms with van der Waals surface area (Å²) in [6.07, 6.45) is -21.1. The molecule has 1 atom stereocenters. The van der Waals surface area contributed by atoms with E-state index in [1.54, 1.807) is 0 Å². The summed E-state index contributed by atoms with van der Waals surface area (Å²) in [5.74, 6) is -17.0. The van der Waals surface area contributed by atoms with Gasteiger partial charge in [0.15, 0.2) is 0 Å². The minimum Gasteiger partial charge on any atom is -0.461 e. The zero-order valence-corrected chi connectivity index (χ0v) is 12.4. The van der Waals surface area contributed by atoms with E-state index in [-0.39, 0.29) is 12.3 Å². The first-order valence-corrected chi connectivity index (χ1v) is 6.25. The van der Waals surface area contributed by atoms with E-state index >= 15 is 0 Å². The molecule has 0 saturated heterocycles. The molecule has 14 heteroatoms. The quantitative estimate of drug-likeness (QED) is 0.463. The number of hydrogen-bond acceptors (Lipinski definition) is 3. The second kappa shape index (κ2) is 7.11. The van der Waals surface area contributed by atoms with Crippen molar-refractivity contribution in [2.75, 3.05) is 6.61 Å². The van der Waals surface area contributed by atoms with Crippen LogP contribution in [0.25, 0.3) is 0 Å². The summed E-state index contributed by atoms with van der Waals surface area (Å²) in [4.78, 5) is 11.0. The summed E-state index contributed by atoms with van der Waals surface area (Å²) >= 11 is 0. The summed E-state index contributed by atoms with van der Waals surface area (Å²) in [6.45, 7) is 1.98. The van der Waals surface area contributed by atoms with Crippen LogP contribution in [0.4, 0.5) is 48.3 Å². The molecule has 3 nitrogen and oxygen atoms in total. The molecule has 25 heavy (non-hydrogen) atoms. The van der Waals surface area contributed by atoms with E-state index in [1.165, 1.54) is 13.8 Å². The minimum atomic E-state index is -7.22. The van der Waals surface area contributed by atoms with Gasteiger partial charge >= 0.3 is 36.2 Å². The fraction of sp³-hybridized carbons (Fsp3) is 0.909. The van der Waals surface area contributed by atoms with Gasteiger partial charge < -0.3 is 4.74 Å². The molecule has 0 aliphatic carbocycles. The highest BCUT2D eigenvalue weighted by molar-refractivity contribution is 5.78. The summed E-state index contributed by atoms with van der Waals surface area (Å²) in [7, 11) is 0. The van der Waals surface area contributed by atoms with Crippen molar-refractivity contribution in [3.05, 3.63) is 0 Å². The van der Waals surface area contributed by atoms with Crippen LogP contribution in [-0.2, 0) is 14.3 Å². The number of halogens is 11. The lowest BCUT2D eigenvalue weighted by Crippen LogP contribution is -2.61. The maximum atomic E-state index is 13.6. The minimum absolute atomic E-state index is 0.186. The second-order valence-corrected chi connectivity index (χ2v) is 5.10. The smallest absolute Gasteiger partial charge is 0.461 e. The van der Waals surface area contributed by atoms with Crippen LogP contribution in [0, 0.1) is 5.92 Å². The molecule has 0 aromatic carbocycles. The van der Waals surface area contributed by atoms with Crippen LogP contribution in [0.15, 0.2) is 0 Å². The Balaban J connectivity index is 5.66. The van der Waals surface area contributed by atoms with Gasteiger partial charge in [0.1, 0.15) is 0 Å². The van der Waals surface area contributed by atoms with Gasteiger partial charge in [0.05, 0.1) is 6.61 Å². The van der Waals surface area contributed by atoms with Gasteiger partial charge in [-0.2, -0.15) is 48.3 Å². The van der Waals surface area contributed by atoms with Gasteiger partial charge in [-0.3, -0.25) is 4.74 Å². The topological polar surface area (TPSA) is 35.5 Å². The Labute approximate surface area is 133 Å². The predicted molar refractivity (Wildman–Crippen MR) is 57.3 cm³/mol. The van der Waals surface area contributed by atoms with Crippen LogP contribution >= 0.6 is 0 Å². The van der Waals surface area contributed by atoms with E-state index in [0.29, 0.717) is 0 Å². The highest BCUT2D eigenvalue weighted by Crippen LogP contribution is 2.51. The Hall–Kier alpha value is -1.34. The molecule has 0 rings (SSSR count). The molecule has 0 heterocycles. The van der Waals surface area contributed by atoms with E-state index in [0.717, 1.165) is 0 Å². The maximum absolute atomic E-state index is 13.6. The molecule has 0 aromatic rings. The average Bonchev–Trinajstić information content (AvgIpc) is 2.34. The van der Waals surface area contributed by atoms with Crippen molar-refractivity contribution in [2.24, 2.45) is 5.92 Å². The van der Waals surface area contributed by atoms with Crippen molar-refractivity contribution in [3.8, 4) is 0 Å². The number of ether oxygens (including phenoxy) is 2. The van der Waals surface area contributed by atoms with Crippen LogP contribution in [0.5, 0.6) is 0 Å². The van der Waals surface area contributed by atoms with Gasteiger partial charge in [-0.1, -0.05) is 13.8 Å². The molecule has 0 amide bonds. The first-order valence-electron chi connectivity index (χ1n) is 6.25. The number of carbonyl (C=O) groups excluding carboxylic acids is 1. The first-order chi connectivity index (χ1) is 10.8. The van der Waals surface area contributed by atoms with Gasteiger partial charge in [0, 0.05) is 0 Å². The van der Waals surface area contributed by atoms with Crippen molar-refractivity contribution < 1.29 is 62.6 Å². The summed E-state index contributed by atoms with van der Waals surface area (Å²) in [5.41, 5.74) is 0. The van der Waals surface area contributed by atoms with E-state index in [1.807, 2.05) is 4.74 Å². The lowest BCUT2D eigenvalue weighted by molar-refractivity contribution is -0.475. The number of esters is 1. The van der Waals surface area contributed by atoms with Crippen LogP contribution < -0.4 is 0 Å². The van der Waals surface area contributed by atoms with Gasteiger partial charge in [-0.15, -0.1) is 0 Å². The Morgan fingerprint density at radius 3 is 1.60 bits per heavy atom. The molecule has 0 unspecified atom stereocenters. The molecule has 0 saturated carbocycles. The number of alkyl halides is 11. The van der Waals surface area contributed by atoms with Crippen molar-refractivity contribution in [3.63, 3.8) is 0 Å². The van der Waals surface area contributed by atoms with Crippen molar-refractivity contribution in [2.45, 2.75) is 50.5 Å². The fourth-order valence-electron chi connectivity index (χ4n) is 1.10. The third-order valence-electron chi connectivity index (χ3n) is 2.55. The van der Waals surface area contributed by atoms with Gasteiger partial charge in [0.25, 0.3) is 0 Å². The molecule has 0 aromatic heterocycles. The Morgan fingerprint density at radius 1 is 0.840 bits per heavy atom. The average molecular weight is 400 g/mol. The highest BCUT2D eigenvalue weighted by Gasteiger charge is 2.80. The molecule has 0 N–H and O–H groups in total. The zero-order valence-electron chi connectivity index (χ0n) is 12.4. The van der Waals surface area contributed by atoms with E-state index in [2.05, 4.69) is 4.74 Å². The van der Waals surface area contributed by atoms with E-state index < -0.39 is 42.8 Å². The largest absolute Gasteiger partial charge is 0.462 e. The fourth-order valence-corrected chi connectivity index (χ4v) is 1.10. The lowest BCUT2D eigenvalue weighted by atomic mass is 10.1. The molecule has 0 spiro atoms. The van der Waals surface area contributed by atoms with Crippen molar-refractivity contribution >= 4 is 5.97 Å².